The van der Waals surface area contributed by atoms with E-state index in [4.69, 9.17) is 17.0 Å². The Morgan fingerprint density at radius 1 is 1.13 bits per heavy atom. The summed E-state index contributed by atoms with van der Waals surface area (Å²) in [5.74, 6) is 0.106. The molecule has 2 fully saturated rings. The minimum absolute atomic E-state index is 0.0929. The molecular formula is C23H30N2O3S2. The maximum atomic E-state index is 12.7. The molecule has 2 saturated heterocycles. The molecule has 0 aliphatic carbocycles. The summed E-state index contributed by atoms with van der Waals surface area (Å²) >= 11 is 6.70. The van der Waals surface area contributed by atoms with Crippen LogP contribution in [-0.4, -0.2) is 65.2 Å². The fourth-order valence-corrected chi connectivity index (χ4v) is 4.85. The van der Waals surface area contributed by atoms with Gasteiger partial charge < -0.3 is 4.74 Å². The van der Waals surface area contributed by atoms with Crippen molar-refractivity contribution < 1.29 is 14.3 Å². The topological polar surface area (TPSA) is 49.9 Å². The quantitative estimate of drug-likeness (QED) is 0.309. The van der Waals surface area contributed by atoms with E-state index in [2.05, 4.69) is 24.0 Å². The van der Waals surface area contributed by atoms with Gasteiger partial charge in [-0.05, 0) is 43.0 Å². The number of unbranched alkanes of at least 4 members (excludes halogenated alkanes) is 1. The Balaban J connectivity index is 1.41. The lowest BCUT2D eigenvalue weighted by molar-refractivity contribution is -0.123. The Kier molecular flexibility index (Phi) is 9.05. The summed E-state index contributed by atoms with van der Waals surface area (Å²) < 4.78 is 5.89. The summed E-state index contributed by atoms with van der Waals surface area (Å²) in [4.78, 5) is 29.6. The van der Waals surface area contributed by atoms with Crippen LogP contribution >= 0.6 is 24.0 Å². The first-order chi connectivity index (χ1) is 14.6. The van der Waals surface area contributed by atoms with Crippen molar-refractivity contribution in [2.24, 2.45) is 0 Å². The first kappa shape index (κ1) is 23.1. The Morgan fingerprint density at radius 3 is 2.57 bits per heavy atom. The number of rotatable bonds is 10. The van der Waals surface area contributed by atoms with Crippen molar-refractivity contribution in [1.29, 1.82) is 0 Å². The molecule has 2 heterocycles. The standard InChI is InChI=1S/C23H30N2O3S2/c1-2-18-6-8-19(9-7-18)17-21-22(27)25(23(29)30-21)12-10-20(26)5-3-4-11-24-13-15-28-16-14-24/h6-9,17H,2-5,10-16H2,1H3/b21-17-. The van der Waals surface area contributed by atoms with Gasteiger partial charge >= 0.3 is 0 Å². The van der Waals surface area contributed by atoms with Gasteiger partial charge in [-0.3, -0.25) is 19.4 Å². The molecule has 0 unspecified atom stereocenters. The summed E-state index contributed by atoms with van der Waals surface area (Å²) in [5.41, 5.74) is 2.26. The molecule has 0 N–H and O–H groups in total. The van der Waals surface area contributed by atoms with E-state index in [9.17, 15) is 9.59 Å². The van der Waals surface area contributed by atoms with E-state index in [1.807, 2.05) is 18.2 Å². The molecule has 7 heteroatoms. The summed E-state index contributed by atoms with van der Waals surface area (Å²) in [6.45, 7) is 7.10. The van der Waals surface area contributed by atoms with Gasteiger partial charge in [0.2, 0.25) is 0 Å². The number of carbonyl (C=O) groups is 2. The maximum absolute atomic E-state index is 12.7. The highest BCUT2D eigenvalue weighted by Gasteiger charge is 2.31. The number of nitrogens with zero attached hydrogens (tertiary/aromatic N) is 2. The zero-order chi connectivity index (χ0) is 21.3. The molecule has 0 atom stereocenters. The van der Waals surface area contributed by atoms with E-state index in [0.29, 0.717) is 28.6 Å². The highest BCUT2D eigenvalue weighted by molar-refractivity contribution is 8.26. The summed E-state index contributed by atoms with van der Waals surface area (Å²) in [7, 11) is 0. The van der Waals surface area contributed by atoms with Crippen LogP contribution in [0.5, 0.6) is 0 Å². The first-order valence-electron chi connectivity index (χ1n) is 10.7. The number of ether oxygens (including phenoxy) is 1. The molecule has 5 nitrogen and oxygen atoms in total. The molecular weight excluding hydrogens is 416 g/mol. The molecule has 30 heavy (non-hydrogen) atoms. The second kappa shape index (κ2) is 11.7. The third-order valence-corrected chi connectivity index (χ3v) is 6.84. The number of carbonyl (C=O) groups excluding carboxylic acids is 2. The van der Waals surface area contributed by atoms with Gasteiger partial charge in [0.1, 0.15) is 10.1 Å². The van der Waals surface area contributed by atoms with Crippen LogP contribution in [0.3, 0.4) is 0 Å². The van der Waals surface area contributed by atoms with Gasteiger partial charge in [0, 0.05) is 32.5 Å². The second-order valence-electron chi connectivity index (χ2n) is 7.63. The van der Waals surface area contributed by atoms with Crippen molar-refractivity contribution in [2.75, 3.05) is 39.4 Å². The average molecular weight is 447 g/mol. The molecule has 2 aliphatic heterocycles. The monoisotopic (exact) mass is 446 g/mol. The third-order valence-electron chi connectivity index (χ3n) is 5.46. The lowest BCUT2D eigenvalue weighted by Crippen LogP contribution is -2.36. The molecule has 162 valence electrons. The van der Waals surface area contributed by atoms with Gasteiger partial charge in [0.25, 0.3) is 5.91 Å². The lowest BCUT2D eigenvalue weighted by Gasteiger charge is -2.26. The van der Waals surface area contributed by atoms with Crippen LogP contribution in [0.15, 0.2) is 29.2 Å². The van der Waals surface area contributed by atoms with Gasteiger partial charge in [0.05, 0.1) is 18.1 Å². The Bertz CT molecular complexity index is 786. The van der Waals surface area contributed by atoms with E-state index in [-0.39, 0.29) is 11.7 Å². The van der Waals surface area contributed by atoms with Crippen LogP contribution in [0.25, 0.3) is 6.08 Å². The van der Waals surface area contributed by atoms with E-state index >= 15 is 0 Å². The van der Waals surface area contributed by atoms with E-state index in [0.717, 1.165) is 57.7 Å². The van der Waals surface area contributed by atoms with Crippen molar-refractivity contribution in [1.82, 2.24) is 9.80 Å². The molecule has 2 aliphatic rings. The Morgan fingerprint density at radius 2 is 1.87 bits per heavy atom. The minimum atomic E-state index is -0.0929. The minimum Gasteiger partial charge on any atom is -0.379 e. The molecule has 1 aromatic carbocycles. The number of aryl methyl sites for hydroxylation is 1. The number of ketones is 1. The number of thiocarbonyl (C=S) groups is 1. The SMILES string of the molecule is CCc1ccc(/C=C2\SC(=S)N(CCC(=O)CCCCN3CCOCC3)C2=O)cc1. The smallest absolute Gasteiger partial charge is 0.266 e. The fraction of sp³-hybridized carbons (Fsp3) is 0.522. The van der Waals surface area contributed by atoms with Gasteiger partial charge in [-0.1, -0.05) is 55.2 Å². The average Bonchev–Trinajstić information content (AvgIpc) is 3.03. The van der Waals surface area contributed by atoms with Crippen LogP contribution in [-0.2, 0) is 20.7 Å². The normalized spacial score (nSPS) is 19.1. The van der Waals surface area contributed by atoms with Crippen molar-refractivity contribution in [3.05, 3.63) is 40.3 Å². The highest BCUT2D eigenvalue weighted by Crippen LogP contribution is 2.32. The van der Waals surface area contributed by atoms with Crippen LogP contribution in [0.2, 0.25) is 0 Å². The Hall–Kier alpha value is -1.54. The van der Waals surface area contributed by atoms with Crippen LogP contribution in [0.4, 0.5) is 0 Å². The van der Waals surface area contributed by atoms with Crippen molar-refractivity contribution in [3.8, 4) is 0 Å². The maximum Gasteiger partial charge on any atom is 0.266 e. The second-order valence-corrected chi connectivity index (χ2v) is 9.30. The molecule has 1 aromatic rings. The molecule has 0 radical (unpaired) electrons. The molecule has 0 saturated carbocycles. The summed E-state index contributed by atoms with van der Waals surface area (Å²) in [5, 5.41) is 0. The van der Waals surface area contributed by atoms with E-state index in [1.165, 1.54) is 17.3 Å². The Labute approximate surface area is 188 Å². The predicted octanol–water partition coefficient (Wildman–Crippen LogP) is 3.91. The number of hydrogen-bond acceptors (Lipinski definition) is 6. The molecule has 0 aromatic heterocycles. The van der Waals surface area contributed by atoms with Gasteiger partial charge in [-0.15, -0.1) is 0 Å². The molecule has 0 spiro atoms. The lowest BCUT2D eigenvalue weighted by atomic mass is 10.1. The number of benzene rings is 1. The van der Waals surface area contributed by atoms with Gasteiger partial charge in [-0.25, -0.2) is 0 Å². The van der Waals surface area contributed by atoms with E-state index in [1.54, 1.807) is 4.90 Å². The third kappa shape index (κ3) is 6.74. The number of thioether (sulfide) groups is 1. The number of morpholine rings is 1. The zero-order valence-corrected chi connectivity index (χ0v) is 19.2. The zero-order valence-electron chi connectivity index (χ0n) is 17.6. The number of Topliss-reactive ketones (excluding diaryl/α,β-unsaturated/α-hetero) is 1. The predicted molar refractivity (Wildman–Crippen MR) is 126 cm³/mol. The van der Waals surface area contributed by atoms with Gasteiger partial charge in [0.15, 0.2) is 0 Å². The van der Waals surface area contributed by atoms with Crippen molar-refractivity contribution >= 4 is 46.1 Å². The van der Waals surface area contributed by atoms with Gasteiger partial charge in [-0.2, -0.15) is 0 Å². The van der Waals surface area contributed by atoms with E-state index < -0.39 is 0 Å². The summed E-state index contributed by atoms with van der Waals surface area (Å²) in [6, 6.07) is 8.19. The van der Waals surface area contributed by atoms with Crippen molar-refractivity contribution in [3.63, 3.8) is 0 Å². The fourth-order valence-electron chi connectivity index (χ4n) is 3.54. The largest absolute Gasteiger partial charge is 0.379 e. The van der Waals surface area contributed by atoms with Crippen LogP contribution in [0.1, 0.15) is 43.7 Å². The molecule has 1 amide bonds. The molecule has 0 bridgehead atoms. The van der Waals surface area contributed by atoms with Crippen molar-refractivity contribution in [2.45, 2.75) is 39.0 Å². The molecule has 3 rings (SSSR count). The summed E-state index contributed by atoms with van der Waals surface area (Å²) in [6.07, 6.45) is 5.71. The first-order valence-corrected chi connectivity index (χ1v) is 12.0. The van der Waals surface area contributed by atoms with Crippen LogP contribution in [0, 0.1) is 0 Å². The highest BCUT2D eigenvalue weighted by atomic mass is 32.2. The number of hydrogen-bond donors (Lipinski definition) is 0. The van der Waals surface area contributed by atoms with Crippen LogP contribution < -0.4 is 0 Å². The number of amides is 1.